The molecular weight excluding hydrogens is 399 g/mol. The van der Waals surface area contributed by atoms with E-state index in [0.717, 1.165) is 36.2 Å². The Kier molecular flexibility index (Phi) is 11.9. The van der Waals surface area contributed by atoms with Crippen LogP contribution in [0.15, 0.2) is 4.99 Å². The van der Waals surface area contributed by atoms with Crippen LogP contribution in [-0.4, -0.2) is 37.7 Å². The van der Waals surface area contributed by atoms with Gasteiger partial charge in [0.2, 0.25) is 0 Å². The highest BCUT2D eigenvalue weighted by Gasteiger charge is 2.04. The van der Waals surface area contributed by atoms with Crippen LogP contribution in [0.1, 0.15) is 35.3 Å². The van der Waals surface area contributed by atoms with E-state index in [0.29, 0.717) is 13.2 Å². The number of nitrogens with one attached hydrogen (secondary N) is 2. The molecule has 7 heteroatoms. The van der Waals surface area contributed by atoms with Crippen molar-refractivity contribution in [3.63, 3.8) is 0 Å². The number of hydrogen-bond acceptors (Lipinski definition) is 4. The number of thiazole rings is 1. The number of ether oxygens (including phenoxy) is 1. The van der Waals surface area contributed by atoms with Crippen molar-refractivity contribution in [1.29, 1.82) is 0 Å². The fraction of sp³-hybridized carbons (Fsp3) is 0.714. The number of aliphatic imine (C=N–C) groups is 1. The lowest BCUT2D eigenvalue weighted by molar-refractivity contribution is 0.136. The van der Waals surface area contributed by atoms with Crippen molar-refractivity contribution in [2.24, 2.45) is 4.99 Å². The summed E-state index contributed by atoms with van der Waals surface area (Å²) in [6.07, 6.45) is 2.29. The average Bonchev–Trinajstić information content (AvgIpc) is 2.76. The van der Waals surface area contributed by atoms with Crippen LogP contribution in [-0.2, 0) is 11.3 Å². The predicted octanol–water partition coefficient (Wildman–Crippen LogP) is 2.86. The zero-order valence-electron chi connectivity index (χ0n) is 13.4. The van der Waals surface area contributed by atoms with Crippen LogP contribution < -0.4 is 10.6 Å². The molecule has 5 nitrogen and oxygen atoms in total. The van der Waals surface area contributed by atoms with Crippen molar-refractivity contribution < 1.29 is 4.74 Å². The van der Waals surface area contributed by atoms with Gasteiger partial charge in [0, 0.05) is 25.1 Å². The number of aromatic nitrogens is 1. The number of guanidine groups is 1. The maximum atomic E-state index is 5.50. The molecule has 0 aliphatic carbocycles. The third-order valence-corrected chi connectivity index (χ3v) is 3.96. The summed E-state index contributed by atoms with van der Waals surface area (Å²) in [5, 5.41) is 7.57. The number of unbranched alkanes of at least 4 members (excludes halogenated alkanes) is 1. The number of nitrogens with zero attached hydrogens (tertiary/aromatic N) is 2. The lowest BCUT2D eigenvalue weighted by atomic mass is 10.4. The van der Waals surface area contributed by atoms with E-state index in [-0.39, 0.29) is 24.0 Å². The smallest absolute Gasteiger partial charge is 0.191 e. The SMILES string of the molecule is CCCCOCCNC(=NC)NCc1nc(C)c(C)s1.I. The minimum absolute atomic E-state index is 0. The Balaban J connectivity index is 0.00000400. The minimum atomic E-state index is 0. The van der Waals surface area contributed by atoms with Gasteiger partial charge in [-0.1, -0.05) is 13.3 Å². The molecule has 0 amide bonds. The van der Waals surface area contributed by atoms with Gasteiger partial charge in [0.05, 0.1) is 18.8 Å². The third kappa shape index (κ3) is 8.57. The number of rotatable bonds is 8. The molecule has 1 aromatic rings. The molecule has 1 aromatic heterocycles. The molecule has 122 valence electrons. The quantitative estimate of drug-likeness (QED) is 0.291. The van der Waals surface area contributed by atoms with E-state index in [2.05, 4.69) is 34.5 Å². The molecule has 0 unspecified atom stereocenters. The second-order valence-electron chi connectivity index (χ2n) is 4.57. The predicted molar refractivity (Wildman–Crippen MR) is 101 cm³/mol. The molecular formula is C14H27IN4OS. The Morgan fingerprint density at radius 1 is 1.29 bits per heavy atom. The largest absolute Gasteiger partial charge is 0.380 e. The van der Waals surface area contributed by atoms with Gasteiger partial charge in [-0.05, 0) is 20.3 Å². The Bertz CT molecular complexity index is 404. The van der Waals surface area contributed by atoms with Gasteiger partial charge in [0.15, 0.2) is 5.96 Å². The van der Waals surface area contributed by atoms with Crippen molar-refractivity contribution in [1.82, 2.24) is 15.6 Å². The Hall–Kier alpha value is -0.410. The summed E-state index contributed by atoms with van der Waals surface area (Å²) < 4.78 is 5.50. The van der Waals surface area contributed by atoms with Crippen molar-refractivity contribution in [2.75, 3.05) is 26.8 Å². The zero-order chi connectivity index (χ0) is 14.8. The van der Waals surface area contributed by atoms with E-state index in [4.69, 9.17) is 4.74 Å². The molecule has 0 saturated carbocycles. The molecule has 0 aromatic carbocycles. The van der Waals surface area contributed by atoms with E-state index in [1.54, 1.807) is 18.4 Å². The topological polar surface area (TPSA) is 58.5 Å². The van der Waals surface area contributed by atoms with Crippen LogP contribution in [0, 0.1) is 13.8 Å². The van der Waals surface area contributed by atoms with E-state index in [1.165, 1.54) is 11.3 Å². The molecule has 1 rings (SSSR count). The van der Waals surface area contributed by atoms with Crippen molar-refractivity contribution in [3.8, 4) is 0 Å². The van der Waals surface area contributed by atoms with Gasteiger partial charge >= 0.3 is 0 Å². The van der Waals surface area contributed by atoms with Crippen molar-refractivity contribution in [2.45, 2.75) is 40.2 Å². The van der Waals surface area contributed by atoms with Crippen molar-refractivity contribution >= 4 is 41.3 Å². The van der Waals surface area contributed by atoms with Gasteiger partial charge in [0.25, 0.3) is 0 Å². The highest BCUT2D eigenvalue weighted by molar-refractivity contribution is 14.0. The van der Waals surface area contributed by atoms with Crippen LogP contribution >= 0.6 is 35.3 Å². The standard InChI is InChI=1S/C14H26N4OS.HI/c1-5-6-8-19-9-7-16-14(15-4)17-10-13-18-11(2)12(3)20-13;/h5-10H2,1-4H3,(H2,15,16,17);1H. The Labute approximate surface area is 149 Å². The van der Waals surface area contributed by atoms with Gasteiger partial charge in [-0.25, -0.2) is 4.98 Å². The molecule has 0 saturated heterocycles. The van der Waals surface area contributed by atoms with E-state index < -0.39 is 0 Å². The van der Waals surface area contributed by atoms with Gasteiger partial charge in [0.1, 0.15) is 5.01 Å². The molecule has 21 heavy (non-hydrogen) atoms. The first-order valence-corrected chi connectivity index (χ1v) is 7.94. The Morgan fingerprint density at radius 3 is 2.62 bits per heavy atom. The van der Waals surface area contributed by atoms with Gasteiger partial charge < -0.3 is 15.4 Å². The van der Waals surface area contributed by atoms with E-state index in [1.807, 2.05) is 6.92 Å². The maximum absolute atomic E-state index is 5.50. The monoisotopic (exact) mass is 426 g/mol. The zero-order valence-corrected chi connectivity index (χ0v) is 16.5. The van der Waals surface area contributed by atoms with Crippen LogP contribution in [0.25, 0.3) is 0 Å². The third-order valence-electron chi connectivity index (χ3n) is 2.88. The maximum Gasteiger partial charge on any atom is 0.191 e. The van der Waals surface area contributed by atoms with E-state index >= 15 is 0 Å². The summed E-state index contributed by atoms with van der Waals surface area (Å²) in [6.45, 7) is 9.30. The van der Waals surface area contributed by atoms with Crippen LogP contribution in [0.4, 0.5) is 0 Å². The molecule has 0 spiro atoms. The molecule has 0 aliphatic rings. The molecule has 1 heterocycles. The molecule has 2 N–H and O–H groups in total. The summed E-state index contributed by atoms with van der Waals surface area (Å²) in [5.41, 5.74) is 1.11. The van der Waals surface area contributed by atoms with Crippen LogP contribution in [0.3, 0.4) is 0 Å². The normalized spacial score (nSPS) is 11.1. The highest BCUT2D eigenvalue weighted by Crippen LogP contribution is 2.15. The first-order chi connectivity index (χ1) is 9.67. The molecule has 0 aliphatic heterocycles. The molecule has 0 fully saturated rings. The van der Waals surface area contributed by atoms with Crippen LogP contribution in [0.2, 0.25) is 0 Å². The van der Waals surface area contributed by atoms with Gasteiger partial charge in [-0.15, -0.1) is 35.3 Å². The molecule has 0 radical (unpaired) electrons. The first-order valence-electron chi connectivity index (χ1n) is 7.12. The summed E-state index contributed by atoms with van der Waals surface area (Å²) in [7, 11) is 1.77. The summed E-state index contributed by atoms with van der Waals surface area (Å²) >= 11 is 1.72. The number of hydrogen-bond donors (Lipinski definition) is 2. The van der Waals surface area contributed by atoms with Crippen LogP contribution in [0.5, 0.6) is 0 Å². The number of aryl methyl sites for hydroxylation is 2. The second-order valence-corrected chi connectivity index (χ2v) is 5.86. The first kappa shape index (κ1) is 20.6. The second kappa shape index (κ2) is 12.2. The molecule has 0 bridgehead atoms. The highest BCUT2D eigenvalue weighted by atomic mass is 127. The van der Waals surface area contributed by atoms with Gasteiger partial charge in [-0.3, -0.25) is 4.99 Å². The average molecular weight is 426 g/mol. The van der Waals surface area contributed by atoms with E-state index in [9.17, 15) is 0 Å². The summed E-state index contributed by atoms with van der Waals surface area (Å²) in [4.78, 5) is 9.95. The fourth-order valence-corrected chi connectivity index (χ4v) is 2.46. The van der Waals surface area contributed by atoms with Crippen molar-refractivity contribution in [3.05, 3.63) is 15.6 Å². The molecule has 0 atom stereocenters. The number of halogens is 1. The summed E-state index contributed by atoms with van der Waals surface area (Å²) in [5.74, 6) is 0.787. The lowest BCUT2D eigenvalue weighted by Gasteiger charge is -2.11. The fourth-order valence-electron chi connectivity index (χ4n) is 1.58. The van der Waals surface area contributed by atoms with Gasteiger partial charge in [-0.2, -0.15) is 0 Å². The minimum Gasteiger partial charge on any atom is -0.380 e. The Morgan fingerprint density at radius 2 is 2.05 bits per heavy atom. The lowest BCUT2D eigenvalue weighted by Crippen LogP contribution is -2.38. The summed E-state index contributed by atoms with van der Waals surface area (Å²) in [6, 6.07) is 0.